The highest BCUT2D eigenvalue weighted by Crippen LogP contribution is 2.23. The largest absolute Gasteiger partial charge is 0.282 e. The molecule has 0 unspecified atom stereocenters. The van der Waals surface area contributed by atoms with E-state index in [4.69, 9.17) is 23.2 Å². The van der Waals surface area contributed by atoms with Gasteiger partial charge in [0, 0.05) is 12.1 Å². The Morgan fingerprint density at radius 2 is 2.00 bits per heavy atom. The highest BCUT2D eigenvalue weighted by molar-refractivity contribution is 6.32. The van der Waals surface area contributed by atoms with Crippen LogP contribution in [-0.2, 0) is 5.88 Å². The second-order valence-electron chi connectivity index (χ2n) is 3.89. The lowest BCUT2D eigenvalue weighted by Gasteiger charge is -2.06. The van der Waals surface area contributed by atoms with Gasteiger partial charge in [-0.05, 0) is 23.8 Å². The summed E-state index contributed by atoms with van der Waals surface area (Å²) >= 11 is 12.0. The molecule has 0 radical (unpaired) electrons. The Balaban J connectivity index is 2.20. The van der Waals surface area contributed by atoms with Crippen LogP contribution in [0.25, 0.3) is 16.9 Å². The molecule has 5 heteroatoms. The summed E-state index contributed by atoms with van der Waals surface area (Å²) < 4.78 is 1.87. The van der Waals surface area contributed by atoms with E-state index in [-0.39, 0.29) is 0 Å². The Hall–Kier alpha value is -1.58. The molecule has 0 aliphatic heterocycles. The molecule has 3 rings (SSSR count). The first-order valence-electron chi connectivity index (χ1n) is 5.42. The van der Waals surface area contributed by atoms with Crippen LogP contribution in [0.15, 0.2) is 42.9 Å². The fraction of sp³-hybridized carbons (Fsp3) is 0.0769. The predicted octanol–water partition coefficient (Wildman–Crippen LogP) is 3.81. The van der Waals surface area contributed by atoms with E-state index in [0.29, 0.717) is 16.7 Å². The summed E-state index contributed by atoms with van der Waals surface area (Å²) in [6.07, 6.45) is 3.45. The van der Waals surface area contributed by atoms with Crippen molar-refractivity contribution >= 4 is 34.2 Å². The van der Waals surface area contributed by atoms with Crippen LogP contribution in [0.1, 0.15) is 5.56 Å². The first-order chi connectivity index (χ1) is 8.79. The molecule has 2 heterocycles. The minimum atomic E-state index is 0.400. The van der Waals surface area contributed by atoms with Gasteiger partial charge in [-0.1, -0.05) is 23.7 Å². The van der Waals surface area contributed by atoms with Gasteiger partial charge in [0.1, 0.15) is 6.33 Å². The Labute approximate surface area is 114 Å². The van der Waals surface area contributed by atoms with Crippen LogP contribution in [0, 0.1) is 0 Å². The number of para-hydroxylation sites is 2. The molecule has 3 nitrogen and oxygen atoms in total. The van der Waals surface area contributed by atoms with Crippen molar-refractivity contribution in [3.05, 3.63) is 53.4 Å². The van der Waals surface area contributed by atoms with Gasteiger partial charge < -0.3 is 0 Å². The van der Waals surface area contributed by atoms with Crippen molar-refractivity contribution in [3.8, 4) is 5.82 Å². The fourth-order valence-electron chi connectivity index (χ4n) is 1.85. The summed E-state index contributed by atoms with van der Waals surface area (Å²) in [5, 5.41) is 0.566. The number of nitrogens with zero attached hydrogens (tertiary/aromatic N) is 3. The number of benzene rings is 1. The molecule has 18 heavy (non-hydrogen) atoms. The number of hydrogen-bond acceptors (Lipinski definition) is 2. The molecule has 0 aliphatic carbocycles. The van der Waals surface area contributed by atoms with Crippen molar-refractivity contribution in [2.45, 2.75) is 5.88 Å². The molecular weight excluding hydrogens is 269 g/mol. The highest BCUT2D eigenvalue weighted by Gasteiger charge is 2.09. The minimum absolute atomic E-state index is 0.400. The van der Waals surface area contributed by atoms with Crippen LogP contribution < -0.4 is 0 Å². The summed E-state index contributed by atoms with van der Waals surface area (Å²) in [7, 11) is 0. The van der Waals surface area contributed by atoms with E-state index in [2.05, 4.69) is 9.97 Å². The average Bonchev–Trinajstić information content (AvgIpc) is 2.82. The maximum absolute atomic E-state index is 6.23. The van der Waals surface area contributed by atoms with Crippen molar-refractivity contribution in [2.75, 3.05) is 0 Å². The second-order valence-corrected chi connectivity index (χ2v) is 4.56. The third-order valence-electron chi connectivity index (χ3n) is 2.71. The van der Waals surface area contributed by atoms with Gasteiger partial charge in [0.15, 0.2) is 5.82 Å². The maximum atomic E-state index is 6.23. The van der Waals surface area contributed by atoms with E-state index in [1.165, 1.54) is 0 Å². The van der Waals surface area contributed by atoms with Gasteiger partial charge in [0.25, 0.3) is 0 Å². The van der Waals surface area contributed by atoms with Crippen LogP contribution in [0.4, 0.5) is 0 Å². The number of rotatable bonds is 2. The quantitative estimate of drug-likeness (QED) is 0.667. The van der Waals surface area contributed by atoms with E-state index in [1.54, 1.807) is 12.5 Å². The molecule has 0 N–H and O–H groups in total. The maximum Gasteiger partial charge on any atom is 0.157 e. The normalized spacial score (nSPS) is 11.0. The molecule has 0 fully saturated rings. The zero-order valence-corrected chi connectivity index (χ0v) is 10.9. The highest BCUT2D eigenvalue weighted by atomic mass is 35.5. The van der Waals surface area contributed by atoms with E-state index in [1.807, 2.05) is 34.9 Å². The minimum Gasteiger partial charge on any atom is -0.282 e. The Bertz CT molecular complexity index is 706. The third kappa shape index (κ3) is 1.85. The van der Waals surface area contributed by atoms with Gasteiger partial charge in [-0.15, -0.1) is 11.6 Å². The van der Waals surface area contributed by atoms with Crippen LogP contribution in [0.5, 0.6) is 0 Å². The molecule has 3 aromatic rings. The monoisotopic (exact) mass is 277 g/mol. The van der Waals surface area contributed by atoms with Crippen LogP contribution in [0.2, 0.25) is 5.02 Å². The zero-order chi connectivity index (χ0) is 12.5. The topological polar surface area (TPSA) is 30.7 Å². The lowest BCUT2D eigenvalue weighted by Crippen LogP contribution is -1.97. The molecule has 0 bridgehead atoms. The Kier molecular flexibility index (Phi) is 2.94. The van der Waals surface area contributed by atoms with E-state index in [9.17, 15) is 0 Å². The molecule has 0 saturated heterocycles. The molecule has 0 amide bonds. The first kappa shape index (κ1) is 11.5. The number of aromatic nitrogens is 3. The fourth-order valence-corrected chi connectivity index (χ4v) is 2.27. The molecule has 1 aromatic carbocycles. The lowest BCUT2D eigenvalue weighted by molar-refractivity contribution is 1.01. The first-order valence-corrected chi connectivity index (χ1v) is 6.33. The summed E-state index contributed by atoms with van der Waals surface area (Å²) in [6.45, 7) is 0. The summed E-state index contributed by atoms with van der Waals surface area (Å²) in [6, 6.07) is 9.67. The van der Waals surface area contributed by atoms with Gasteiger partial charge >= 0.3 is 0 Å². The Morgan fingerprint density at radius 1 is 1.17 bits per heavy atom. The molecule has 90 valence electrons. The Morgan fingerprint density at radius 3 is 2.78 bits per heavy atom. The third-order valence-corrected chi connectivity index (χ3v) is 3.30. The summed E-state index contributed by atoms with van der Waals surface area (Å²) in [4.78, 5) is 8.67. The van der Waals surface area contributed by atoms with Gasteiger partial charge in [-0.25, -0.2) is 9.97 Å². The molecule has 0 atom stereocenters. The second kappa shape index (κ2) is 4.59. The van der Waals surface area contributed by atoms with Crippen molar-refractivity contribution in [1.82, 2.24) is 14.5 Å². The zero-order valence-electron chi connectivity index (χ0n) is 9.35. The molecule has 2 aromatic heterocycles. The lowest BCUT2D eigenvalue weighted by atomic mass is 10.3. The molecular formula is C13H9Cl2N3. The summed E-state index contributed by atoms with van der Waals surface area (Å²) in [5.74, 6) is 1.07. The molecule has 0 saturated carbocycles. The van der Waals surface area contributed by atoms with Crippen molar-refractivity contribution in [3.63, 3.8) is 0 Å². The molecule has 0 spiro atoms. The average molecular weight is 278 g/mol. The van der Waals surface area contributed by atoms with E-state index < -0.39 is 0 Å². The SMILES string of the molecule is ClCc1cnc(-n2cnc3ccccc32)c(Cl)c1. The number of pyridine rings is 1. The predicted molar refractivity (Wildman–Crippen MR) is 73.4 cm³/mol. The number of fused-ring (bicyclic) bond motifs is 1. The van der Waals surface area contributed by atoms with Gasteiger partial charge in [-0.3, -0.25) is 4.57 Å². The van der Waals surface area contributed by atoms with Gasteiger partial charge in [0.2, 0.25) is 0 Å². The van der Waals surface area contributed by atoms with E-state index in [0.717, 1.165) is 16.6 Å². The van der Waals surface area contributed by atoms with Crippen molar-refractivity contribution in [2.24, 2.45) is 0 Å². The van der Waals surface area contributed by atoms with E-state index >= 15 is 0 Å². The van der Waals surface area contributed by atoms with Crippen LogP contribution in [-0.4, -0.2) is 14.5 Å². The van der Waals surface area contributed by atoms with Crippen molar-refractivity contribution in [1.29, 1.82) is 0 Å². The summed E-state index contributed by atoms with van der Waals surface area (Å²) in [5.41, 5.74) is 2.79. The number of halogens is 2. The standard InChI is InChI=1S/C13H9Cl2N3/c14-6-9-5-10(15)13(16-7-9)18-8-17-11-3-1-2-4-12(11)18/h1-5,7-8H,6H2. The number of alkyl halides is 1. The smallest absolute Gasteiger partial charge is 0.157 e. The van der Waals surface area contributed by atoms with Gasteiger partial charge in [-0.2, -0.15) is 0 Å². The van der Waals surface area contributed by atoms with Crippen LogP contribution >= 0.6 is 23.2 Å². The number of hydrogen-bond donors (Lipinski definition) is 0. The van der Waals surface area contributed by atoms with Crippen molar-refractivity contribution < 1.29 is 0 Å². The van der Waals surface area contributed by atoms with Crippen LogP contribution in [0.3, 0.4) is 0 Å². The number of imidazole rings is 1. The molecule has 0 aliphatic rings. The van der Waals surface area contributed by atoms with Gasteiger partial charge in [0.05, 0.1) is 16.1 Å².